The molecule has 0 bridgehead atoms. The van der Waals surface area contributed by atoms with Gasteiger partial charge in [0.1, 0.15) is 12.4 Å². The van der Waals surface area contributed by atoms with Gasteiger partial charge in [-0.2, -0.15) is 0 Å². The summed E-state index contributed by atoms with van der Waals surface area (Å²) < 4.78 is 45.8. The second-order valence-corrected chi connectivity index (χ2v) is 4.49. The summed E-state index contributed by atoms with van der Waals surface area (Å²) in [5.41, 5.74) is 5.64. The fraction of sp³-hybridized carbons (Fsp3) is 0.143. The molecule has 2 nitrogen and oxygen atoms in total. The average molecular weight is 302 g/mol. The molecular formula is C14H11ClF3NO. The summed E-state index contributed by atoms with van der Waals surface area (Å²) in [6, 6.07) is 6.23. The predicted octanol–water partition coefficient (Wildman–Crippen LogP) is 3.80. The molecule has 6 heteroatoms. The van der Waals surface area contributed by atoms with Crippen molar-refractivity contribution >= 4 is 11.6 Å². The summed E-state index contributed by atoms with van der Waals surface area (Å²) >= 11 is 5.80. The molecule has 2 aromatic carbocycles. The van der Waals surface area contributed by atoms with E-state index < -0.39 is 23.2 Å². The second-order valence-electron chi connectivity index (χ2n) is 4.08. The van der Waals surface area contributed by atoms with E-state index in [-0.39, 0.29) is 23.7 Å². The van der Waals surface area contributed by atoms with E-state index in [4.69, 9.17) is 22.1 Å². The van der Waals surface area contributed by atoms with Crippen molar-refractivity contribution in [2.24, 2.45) is 5.73 Å². The Kier molecular flexibility index (Phi) is 4.52. The zero-order valence-electron chi connectivity index (χ0n) is 10.3. The summed E-state index contributed by atoms with van der Waals surface area (Å²) in [6.07, 6.45) is 0. The Labute approximate surface area is 118 Å². The van der Waals surface area contributed by atoms with Crippen LogP contribution < -0.4 is 10.5 Å². The van der Waals surface area contributed by atoms with Crippen molar-refractivity contribution in [3.63, 3.8) is 0 Å². The molecule has 0 aliphatic carbocycles. The Morgan fingerprint density at radius 3 is 2.25 bits per heavy atom. The first-order valence-electron chi connectivity index (χ1n) is 5.76. The van der Waals surface area contributed by atoms with E-state index in [1.807, 2.05) is 0 Å². The molecule has 2 aromatic rings. The number of halogens is 4. The average Bonchev–Trinajstić information content (AvgIpc) is 2.40. The van der Waals surface area contributed by atoms with E-state index in [2.05, 4.69) is 0 Å². The van der Waals surface area contributed by atoms with Gasteiger partial charge in [0.2, 0.25) is 0 Å². The Bertz CT molecular complexity index is 591. The number of ether oxygens (including phenoxy) is 1. The fourth-order valence-corrected chi connectivity index (χ4v) is 1.90. The molecular weight excluding hydrogens is 291 g/mol. The maximum absolute atomic E-state index is 13.7. The normalized spacial score (nSPS) is 10.7. The van der Waals surface area contributed by atoms with Crippen LogP contribution in [0.5, 0.6) is 5.75 Å². The molecule has 0 radical (unpaired) electrons. The summed E-state index contributed by atoms with van der Waals surface area (Å²) in [5, 5.41) is 0.129. The summed E-state index contributed by atoms with van der Waals surface area (Å²) in [4.78, 5) is 0. The third kappa shape index (κ3) is 3.05. The number of hydrogen-bond acceptors (Lipinski definition) is 2. The van der Waals surface area contributed by atoms with Gasteiger partial charge in [-0.05, 0) is 29.8 Å². The number of benzene rings is 2. The van der Waals surface area contributed by atoms with Crippen LogP contribution in [0.15, 0.2) is 30.3 Å². The van der Waals surface area contributed by atoms with Crippen molar-refractivity contribution in [3.05, 3.63) is 63.9 Å². The Morgan fingerprint density at radius 2 is 1.70 bits per heavy atom. The van der Waals surface area contributed by atoms with Gasteiger partial charge in [-0.3, -0.25) is 0 Å². The van der Waals surface area contributed by atoms with Crippen molar-refractivity contribution in [1.82, 2.24) is 0 Å². The molecule has 0 fully saturated rings. The Balaban J connectivity index is 2.23. The van der Waals surface area contributed by atoms with E-state index in [1.165, 1.54) is 18.2 Å². The van der Waals surface area contributed by atoms with Crippen molar-refractivity contribution in [3.8, 4) is 5.75 Å². The van der Waals surface area contributed by atoms with Crippen molar-refractivity contribution < 1.29 is 17.9 Å². The van der Waals surface area contributed by atoms with E-state index >= 15 is 0 Å². The lowest BCUT2D eigenvalue weighted by Gasteiger charge is -2.11. The monoisotopic (exact) mass is 301 g/mol. The van der Waals surface area contributed by atoms with E-state index in [1.54, 1.807) is 0 Å². The lowest BCUT2D eigenvalue weighted by atomic mass is 10.2. The largest absolute Gasteiger partial charge is 0.483 e. The minimum atomic E-state index is -0.891. The molecule has 0 amide bonds. The van der Waals surface area contributed by atoms with Crippen LogP contribution in [-0.2, 0) is 13.2 Å². The van der Waals surface area contributed by atoms with Crippen LogP contribution in [-0.4, -0.2) is 0 Å². The van der Waals surface area contributed by atoms with Crippen molar-refractivity contribution in [2.75, 3.05) is 0 Å². The van der Waals surface area contributed by atoms with Gasteiger partial charge in [0.15, 0.2) is 17.4 Å². The lowest BCUT2D eigenvalue weighted by molar-refractivity contribution is 0.269. The summed E-state index contributed by atoms with van der Waals surface area (Å²) in [7, 11) is 0. The summed E-state index contributed by atoms with van der Waals surface area (Å²) in [6.45, 7) is -0.366. The quantitative estimate of drug-likeness (QED) is 0.932. The molecule has 106 valence electrons. The van der Waals surface area contributed by atoms with Gasteiger partial charge in [-0.1, -0.05) is 17.7 Å². The van der Waals surface area contributed by atoms with Crippen LogP contribution in [0.1, 0.15) is 11.1 Å². The van der Waals surface area contributed by atoms with Crippen LogP contribution in [0.4, 0.5) is 13.2 Å². The minimum absolute atomic E-state index is 0.00720. The van der Waals surface area contributed by atoms with Gasteiger partial charge < -0.3 is 10.5 Å². The lowest BCUT2D eigenvalue weighted by Crippen LogP contribution is -2.05. The highest BCUT2D eigenvalue weighted by Crippen LogP contribution is 2.26. The molecule has 0 spiro atoms. The third-order valence-corrected chi connectivity index (χ3v) is 3.07. The first kappa shape index (κ1) is 14.7. The molecule has 0 saturated heterocycles. The first-order chi connectivity index (χ1) is 9.52. The van der Waals surface area contributed by atoms with Crippen LogP contribution in [0.2, 0.25) is 5.02 Å². The molecule has 0 aliphatic heterocycles. The Morgan fingerprint density at radius 1 is 1.05 bits per heavy atom. The highest BCUT2D eigenvalue weighted by molar-refractivity contribution is 6.31. The second kappa shape index (κ2) is 6.15. The zero-order valence-corrected chi connectivity index (χ0v) is 11.1. The SMILES string of the molecule is NCc1cc(F)c(OCc2c(F)cccc2Cl)c(F)c1. The molecule has 0 heterocycles. The number of hydrogen-bond donors (Lipinski definition) is 1. The maximum atomic E-state index is 13.7. The number of nitrogens with two attached hydrogens (primary N) is 1. The topological polar surface area (TPSA) is 35.2 Å². The molecule has 2 rings (SSSR count). The molecule has 0 unspecified atom stereocenters. The number of rotatable bonds is 4. The van der Waals surface area contributed by atoms with Crippen LogP contribution >= 0.6 is 11.6 Å². The van der Waals surface area contributed by atoms with Crippen molar-refractivity contribution in [2.45, 2.75) is 13.2 Å². The highest BCUT2D eigenvalue weighted by atomic mass is 35.5. The van der Waals surface area contributed by atoms with E-state index in [9.17, 15) is 13.2 Å². The minimum Gasteiger partial charge on any atom is -0.483 e. The third-order valence-electron chi connectivity index (χ3n) is 2.72. The molecule has 2 N–H and O–H groups in total. The van der Waals surface area contributed by atoms with Gasteiger partial charge in [0, 0.05) is 12.1 Å². The smallest absolute Gasteiger partial charge is 0.191 e. The van der Waals surface area contributed by atoms with Gasteiger partial charge in [0.05, 0.1) is 5.02 Å². The van der Waals surface area contributed by atoms with Crippen molar-refractivity contribution in [1.29, 1.82) is 0 Å². The van der Waals surface area contributed by atoms with Crippen LogP contribution in [0.3, 0.4) is 0 Å². The highest BCUT2D eigenvalue weighted by Gasteiger charge is 2.14. The standard InChI is InChI=1S/C14H11ClF3NO/c15-10-2-1-3-11(16)9(10)7-20-14-12(17)4-8(6-19)5-13(14)18/h1-5H,6-7,19H2. The van der Waals surface area contributed by atoms with Gasteiger partial charge in [-0.15, -0.1) is 0 Å². The van der Waals surface area contributed by atoms with E-state index in [0.29, 0.717) is 5.56 Å². The molecule has 0 aliphatic rings. The Hall–Kier alpha value is -1.72. The maximum Gasteiger partial charge on any atom is 0.191 e. The van der Waals surface area contributed by atoms with Gasteiger partial charge in [0.25, 0.3) is 0 Å². The molecule has 0 aromatic heterocycles. The van der Waals surface area contributed by atoms with Crippen LogP contribution in [0.25, 0.3) is 0 Å². The van der Waals surface area contributed by atoms with E-state index in [0.717, 1.165) is 12.1 Å². The zero-order chi connectivity index (χ0) is 14.7. The van der Waals surface area contributed by atoms with Gasteiger partial charge in [-0.25, -0.2) is 13.2 Å². The molecule has 0 saturated carbocycles. The summed E-state index contributed by atoms with van der Waals surface area (Å²) in [5.74, 6) is -2.96. The first-order valence-corrected chi connectivity index (χ1v) is 6.14. The molecule has 0 atom stereocenters. The van der Waals surface area contributed by atoms with Gasteiger partial charge >= 0.3 is 0 Å². The fourth-order valence-electron chi connectivity index (χ4n) is 1.68. The van der Waals surface area contributed by atoms with Crippen LogP contribution in [0, 0.1) is 17.5 Å². The predicted molar refractivity (Wildman–Crippen MR) is 70.0 cm³/mol. The molecule has 20 heavy (non-hydrogen) atoms.